The average Bonchev–Trinajstić information content (AvgIpc) is 3.51. The van der Waals surface area contributed by atoms with Crippen LogP contribution in [0.5, 0.6) is 11.8 Å². The van der Waals surface area contributed by atoms with Gasteiger partial charge in [-0.05, 0) is 75.7 Å². The van der Waals surface area contributed by atoms with Crippen LogP contribution in [0, 0.1) is 5.82 Å². The fraction of sp³-hybridized carbons (Fsp3) is 0.406. The fourth-order valence-corrected chi connectivity index (χ4v) is 5.75. The Morgan fingerprint density at radius 2 is 1.82 bits per heavy atom. The summed E-state index contributed by atoms with van der Waals surface area (Å²) in [5.74, 6) is 0.464. The maximum atomic E-state index is 13.9. The number of hydrogen-bond acceptors (Lipinski definition) is 7. The van der Waals surface area contributed by atoms with E-state index in [0.717, 1.165) is 29.8 Å². The predicted molar refractivity (Wildman–Crippen MR) is 160 cm³/mol. The third-order valence-electron chi connectivity index (χ3n) is 7.81. The first kappa shape index (κ1) is 31.2. The van der Waals surface area contributed by atoms with Crippen LogP contribution in [0.25, 0.3) is 16.9 Å². The van der Waals surface area contributed by atoms with E-state index in [4.69, 9.17) is 14.5 Å². The van der Waals surface area contributed by atoms with Crippen LogP contribution in [-0.4, -0.2) is 58.9 Å². The van der Waals surface area contributed by atoms with Crippen molar-refractivity contribution in [1.29, 1.82) is 0 Å². The maximum Gasteiger partial charge on any atom is 0.418 e. The number of aromatic nitrogens is 4. The van der Waals surface area contributed by atoms with E-state index in [1.165, 1.54) is 17.0 Å². The largest absolute Gasteiger partial charge is 0.477 e. The molecule has 44 heavy (non-hydrogen) atoms. The Morgan fingerprint density at radius 1 is 1.00 bits per heavy atom. The summed E-state index contributed by atoms with van der Waals surface area (Å²) in [6.07, 6.45) is 2.06. The summed E-state index contributed by atoms with van der Waals surface area (Å²) in [6.45, 7) is 6.12. The zero-order valence-electron chi connectivity index (χ0n) is 24.9. The van der Waals surface area contributed by atoms with Crippen LogP contribution in [0.1, 0.15) is 50.4 Å². The molecule has 1 aliphatic rings. The van der Waals surface area contributed by atoms with Crippen LogP contribution < -0.4 is 19.7 Å². The third kappa shape index (κ3) is 6.64. The van der Waals surface area contributed by atoms with Crippen LogP contribution in [0.2, 0.25) is 0 Å². The Morgan fingerprint density at radius 3 is 2.57 bits per heavy atom. The van der Waals surface area contributed by atoms with Crippen molar-refractivity contribution in [3.8, 4) is 28.7 Å². The standard InChI is InChI=1S/C32H36F4N6O2/c1-4-23-19-21(29-38-14-17-42(29)27-10-8-22(33)20-25(27)32(34,35)36)12-16-41(23)28-11-9-26(40-31(28)44-18-15-37-3)24-7-6-13-39-30(24)43-5-2/h6-11,13-14,17,20-21,23,37H,4-5,12,15-16,18-19H2,1-3H3/t21?,23-/m1/s1. The van der Waals surface area contributed by atoms with Crippen molar-refractivity contribution in [3.05, 3.63) is 78.3 Å². The molecule has 1 N–H and O–H groups in total. The molecule has 1 aromatic carbocycles. The van der Waals surface area contributed by atoms with Crippen molar-refractivity contribution in [2.75, 3.05) is 38.3 Å². The Balaban J connectivity index is 1.45. The van der Waals surface area contributed by atoms with Gasteiger partial charge in [-0.25, -0.2) is 19.3 Å². The number of nitrogens with zero attached hydrogens (tertiary/aromatic N) is 5. The van der Waals surface area contributed by atoms with E-state index in [0.29, 0.717) is 68.5 Å². The summed E-state index contributed by atoms with van der Waals surface area (Å²) in [7, 11) is 1.85. The van der Waals surface area contributed by atoms with Gasteiger partial charge in [-0.2, -0.15) is 13.2 Å². The lowest BCUT2D eigenvalue weighted by molar-refractivity contribution is -0.137. The van der Waals surface area contributed by atoms with Gasteiger partial charge in [-0.3, -0.25) is 0 Å². The Labute approximate surface area is 254 Å². The van der Waals surface area contributed by atoms with Crippen molar-refractivity contribution < 1.29 is 27.0 Å². The molecule has 1 fully saturated rings. The summed E-state index contributed by atoms with van der Waals surface area (Å²) < 4.78 is 68.8. The molecule has 0 aliphatic carbocycles. The summed E-state index contributed by atoms with van der Waals surface area (Å²) in [5.41, 5.74) is 1.12. The molecule has 0 saturated carbocycles. The van der Waals surface area contributed by atoms with Gasteiger partial charge in [-0.15, -0.1) is 0 Å². The quantitative estimate of drug-likeness (QED) is 0.150. The van der Waals surface area contributed by atoms with Crippen LogP contribution in [0.3, 0.4) is 0 Å². The second-order valence-corrected chi connectivity index (χ2v) is 10.6. The predicted octanol–water partition coefficient (Wildman–Crippen LogP) is 6.65. The second kappa shape index (κ2) is 13.6. The van der Waals surface area contributed by atoms with E-state index in [1.54, 1.807) is 6.20 Å². The number of alkyl halides is 3. The summed E-state index contributed by atoms with van der Waals surface area (Å²) in [5, 5.41) is 3.09. The number of anilines is 1. The summed E-state index contributed by atoms with van der Waals surface area (Å²) >= 11 is 0. The molecule has 0 spiro atoms. The molecular weight excluding hydrogens is 576 g/mol. The van der Waals surface area contributed by atoms with E-state index in [2.05, 4.69) is 27.1 Å². The van der Waals surface area contributed by atoms with Gasteiger partial charge in [0, 0.05) is 43.6 Å². The van der Waals surface area contributed by atoms with Crippen LogP contribution in [0.4, 0.5) is 23.2 Å². The van der Waals surface area contributed by atoms with Crippen LogP contribution >= 0.6 is 0 Å². The Bertz CT molecular complexity index is 1560. The highest BCUT2D eigenvalue weighted by Crippen LogP contribution is 2.41. The van der Waals surface area contributed by atoms with Crippen molar-refractivity contribution in [2.24, 2.45) is 0 Å². The van der Waals surface area contributed by atoms with Gasteiger partial charge >= 0.3 is 6.18 Å². The zero-order valence-corrected chi connectivity index (χ0v) is 24.9. The van der Waals surface area contributed by atoms with Crippen LogP contribution in [0.15, 0.2) is 61.1 Å². The van der Waals surface area contributed by atoms with Gasteiger partial charge in [-0.1, -0.05) is 6.92 Å². The first-order valence-electron chi connectivity index (χ1n) is 14.8. The number of pyridine rings is 2. The number of piperidine rings is 1. The molecule has 1 aliphatic heterocycles. The molecule has 12 heteroatoms. The van der Waals surface area contributed by atoms with E-state index in [9.17, 15) is 17.6 Å². The van der Waals surface area contributed by atoms with Crippen LogP contribution in [-0.2, 0) is 6.18 Å². The summed E-state index contributed by atoms with van der Waals surface area (Å²) in [6, 6.07) is 10.5. The van der Waals surface area contributed by atoms with Gasteiger partial charge < -0.3 is 24.3 Å². The average molecular weight is 613 g/mol. The van der Waals surface area contributed by atoms with Gasteiger partial charge in [0.15, 0.2) is 0 Å². The molecule has 0 bridgehead atoms. The second-order valence-electron chi connectivity index (χ2n) is 10.6. The van der Waals surface area contributed by atoms with Crippen molar-refractivity contribution in [3.63, 3.8) is 0 Å². The lowest BCUT2D eigenvalue weighted by atomic mass is 9.88. The zero-order chi connectivity index (χ0) is 31.3. The summed E-state index contributed by atoms with van der Waals surface area (Å²) in [4.78, 5) is 16.0. The molecule has 5 rings (SSSR count). The molecule has 234 valence electrons. The topological polar surface area (TPSA) is 77.3 Å². The highest BCUT2D eigenvalue weighted by molar-refractivity contribution is 5.69. The molecule has 3 aromatic heterocycles. The van der Waals surface area contributed by atoms with Gasteiger partial charge in [0.25, 0.3) is 0 Å². The van der Waals surface area contributed by atoms with E-state index >= 15 is 0 Å². The fourth-order valence-electron chi connectivity index (χ4n) is 5.75. The SMILES string of the molecule is CCOc1ncccc1-c1ccc(N2CCC(c3nccn3-c3ccc(F)cc3C(F)(F)F)C[C@H]2CC)c(OCCNC)n1. The van der Waals surface area contributed by atoms with E-state index in [-0.39, 0.29) is 17.6 Å². The molecular formula is C32H36F4N6O2. The molecule has 1 unspecified atom stereocenters. The molecule has 0 radical (unpaired) electrons. The minimum Gasteiger partial charge on any atom is -0.477 e. The van der Waals surface area contributed by atoms with Crippen molar-refractivity contribution in [1.82, 2.24) is 24.8 Å². The smallest absolute Gasteiger partial charge is 0.418 e. The number of nitrogens with one attached hydrogen (secondary N) is 1. The number of halogens is 4. The number of hydrogen-bond donors (Lipinski definition) is 1. The molecule has 0 amide bonds. The normalized spacial score (nSPS) is 17.1. The monoisotopic (exact) mass is 612 g/mol. The highest BCUT2D eigenvalue weighted by atomic mass is 19.4. The highest BCUT2D eigenvalue weighted by Gasteiger charge is 2.37. The molecule has 1 saturated heterocycles. The Hall–Kier alpha value is -4.19. The Kier molecular flexibility index (Phi) is 9.68. The van der Waals surface area contributed by atoms with E-state index in [1.807, 2.05) is 38.2 Å². The molecule has 4 aromatic rings. The molecule has 2 atom stereocenters. The van der Waals surface area contributed by atoms with Crippen molar-refractivity contribution in [2.45, 2.75) is 51.2 Å². The van der Waals surface area contributed by atoms with Gasteiger partial charge in [0.05, 0.1) is 29.1 Å². The number of imidazole rings is 1. The third-order valence-corrected chi connectivity index (χ3v) is 7.81. The first-order valence-corrected chi connectivity index (χ1v) is 14.8. The minimum atomic E-state index is -4.71. The first-order chi connectivity index (χ1) is 21.2. The van der Waals surface area contributed by atoms with Gasteiger partial charge in [0.2, 0.25) is 11.8 Å². The number of ether oxygens (including phenoxy) is 2. The number of likely N-dealkylation sites (N-methyl/N-ethyl adjacent to an activating group) is 1. The molecule has 8 nitrogen and oxygen atoms in total. The molecule has 4 heterocycles. The number of rotatable bonds is 11. The lowest BCUT2D eigenvalue weighted by Crippen LogP contribution is -2.42. The maximum absolute atomic E-state index is 13.9. The van der Waals surface area contributed by atoms with Gasteiger partial charge in [0.1, 0.15) is 23.9 Å². The lowest BCUT2D eigenvalue weighted by Gasteiger charge is -2.41. The minimum absolute atomic E-state index is 0.0471. The number of benzene rings is 1. The van der Waals surface area contributed by atoms with E-state index < -0.39 is 17.6 Å². The van der Waals surface area contributed by atoms with Crippen molar-refractivity contribution >= 4 is 5.69 Å².